The summed E-state index contributed by atoms with van der Waals surface area (Å²) < 4.78 is 30.3. The van der Waals surface area contributed by atoms with E-state index in [0.717, 1.165) is 65.8 Å². The second-order valence-electron chi connectivity index (χ2n) is 8.71. The van der Waals surface area contributed by atoms with Crippen molar-refractivity contribution in [3.63, 3.8) is 0 Å². The van der Waals surface area contributed by atoms with Crippen molar-refractivity contribution >= 4 is 37.6 Å². The largest absolute Gasteiger partial charge is 0.384 e. The summed E-state index contributed by atoms with van der Waals surface area (Å²) in [6.07, 6.45) is 1.71. The molecule has 0 amide bonds. The number of nitrogens with zero attached hydrogens (tertiary/aromatic N) is 5. The highest BCUT2D eigenvalue weighted by molar-refractivity contribution is 7.89. The molecule has 0 aliphatic rings. The van der Waals surface area contributed by atoms with E-state index in [4.69, 9.17) is 4.98 Å². The normalized spacial score (nSPS) is 12.5. The molecule has 2 N–H and O–H groups in total. The van der Waals surface area contributed by atoms with Crippen LogP contribution in [-0.2, 0) is 17.1 Å². The summed E-state index contributed by atoms with van der Waals surface area (Å²) in [7, 11) is 6.30. The molecule has 3 rings (SSSR count). The maximum atomic E-state index is 12.9. The summed E-state index contributed by atoms with van der Waals surface area (Å²) in [5, 5.41) is 9.80. The first-order valence-corrected chi connectivity index (χ1v) is 12.4. The van der Waals surface area contributed by atoms with E-state index >= 15 is 0 Å². The van der Waals surface area contributed by atoms with Crippen molar-refractivity contribution in [2.45, 2.75) is 24.7 Å². The second kappa shape index (κ2) is 10.1. The van der Waals surface area contributed by atoms with E-state index in [0.29, 0.717) is 6.54 Å². The molecule has 0 spiro atoms. The predicted octanol–water partition coefficient (Wildman–Crippen LogP) is 2.02. The third kappa shape index (κ3) is 5.55. The van der Waals surface area contributed by atoms with Gasteiger partial charge in [0.1, 0.15) is 0 Å². The van der Waals surface area contributed by atoms with E-state index in [2.05, 4.69) is 20.0 Å². The molecule has 0 saturated heterocycles. The van der Waals surface area contributed by atoms with Gasteiger partial charge in [-0.25, -0.2) is 18.1 Å². The maximum absolute atomic E-state index is 12.9. The van der Waals surface area contributed by atoms with Gasteiger partial charge in [0.25, 0.3) is 0 Å². The number of hydrogen-bond donors (Lipinski definition) is 2. The number of anilines is 1. The van der Waals surface area contributed by atoms with Crippen molar-refractivity contribution in [3.05, 3.63) is 23.9 Å². The molecule has 0 saturated carbocycles. The van der Waals surface area contributed by atoms with Gasteiger partial charge in [-0.2, -0.15) is 5.10 Å². The Bertz CT molecular complexity index is 1190. The highest BCUT2D eigenvalue weighted by Crippen LogP contribution is 2.34. The lowest BCUT2D eigenvalue weighted by Gasteiger charge is -2.15. The quantitative estimate of drug-likeness (QED) is 0.422. The first-order valence-electron chi connectivity index (χ1n) is 10.9. The summed E-state index contributed by atoms with van der Waals surface area (Å²) in [6.45, 7) is 4.90. The number of nitrogens with one attached hydrogen (secondary N) is 2. The molecule has 32 heavy (non-hydrogen) atoms. The molecule has 0 aliphatic heterocycles. The van der Waals surface area contributed by atoms with Crippen molar-refractivity contribution in [3.8, 4) is 0 Å². The van der Waals surface area contributed by atoms with Gasteiger partial charge in [-0.3, -0.25) is 4.68 Å². The Morgan fingerprint density at radius 3 is 2.34 bits per heavy atom. The standard InChI is InChI=1S/C22H35N7O2S/c1-16-20-21(23-11-7-13-27(2)3)18-15-17(32(30,31)24-12-8-14-28(4)5)9-10-19(18)25-22(20)29(6)26-16/h9-10,15,24H,7-8,11-14H2,1-6H3,(H,23,25). The first-order chi connectivity index (χ1) is 15.1. The van der Waals surface area contributed by atoms with Crippen LogP contribution in [0.25, 0.3) is 21.9 Å². The average Bonchev–Trinajstić information content (AvgIpc) is 3.00. The van der Waals surface area contributed by atoms with E-state index in [1.807, 2.05) is 47.1 Å². The van der Waals surface area contributed by atoms with Gasteiger partial charge in [0.05, 0.1) is 27.2 Å². The van der Waals surface area contributed by atoms with E-state index in [9.17, 15) is 8.42 Å². The Hall–Kier alpha value is -2.27. The van der Waals surface area contributed by atoms with Gasteiger partial charge in [0, 0.05) is 25.5 Å². The van der Waals surface area contributed by atoms with Crippen LogP contribution in [0.2, 0.25) is 0 Å². The molecule has 0 unspecified atom stereocenters. The highest BCUT2D eigenvalue weighted by Gasteiger charge is 2.19. The van der Waals surface area contributed by atoms with E-state index < -0.39 is 10.0 Å². The second-order valence-corrected chi connectivity index (χ2v) is 10.5. The molecular weight excluding hydrogens is 426 g/mol. The third-order valence-corrected chi connectivity index (χ3v) is 6.83. The van der Waals surface area contributed by atoms with Crippen LogP contribution in [0.15, 0.2) is 23.1 Å². The number of benzene rings is 1. The van der Waals surface area contributed by atoms with E-state index in [1.165, 1.54) is 0 Å². The molecule has 176 valence electrons. The number of aromatic nitrogens is 3. The zero-order valence-corrected chi connectivity index (χ0v) is 20.8. The third-order valence-electron chi connectivity index (χ3n) is 5.37. The zero-order valence-electron chi connectivity index (χ0n) is 19.9. The van der Waals surface area contributed by atoms with Crippen LogP contribution < -0.4 is 10.0 Å². The van der Waals surface area contributed by atoms with Gasteiger partial charge in [-0.15, -0.1) is 0 Å². The summed E-state index contributed by atoms with van der Waals surface area (Å²) in [5.74, 6) is 0. The molecule has 0 bridgehead atoms. The van der Waals surface area contributed by atoms with Crippen LogP contribution in [0.4, 0.5) is 5.69 Å². The van der Waals surface area contributed by atoms with Gasteiger partial charge in [0.2, 0.25) is 10.0 Å². The average molecular weight is 462 g/mol. The van der Waals surface area contributed by atoms with Crippen LogP contribution in [0.3, 0.4) is 0 Å². The SMILES string of the molecule is Cc1nn(C)c2nc3ccc(S(=O)(=O)NCCCN(C)C)cc3c(NCCCN(C)C)c12. The smallest absolute Gasteiger partial charge is 0.240 e. The van der Waals surface area contributed by atoms with Crippen molar-refractivity contribution in [2.24, 2.45) is 7.05 Å². The Morgan fingerprint density at radius 1 is 1.03 bits per heavy atom. The fourth-order valence-corrected chi connectivity index (χ4v) is 4.87. The maximum Gasteiger partial charge on any atom is 0.240 e. The molecule has 0 radical (unpaired) electrons. The van der Waals surface area contributed by atoms with Crippen LogP contribution in [0.5, 0.6) is 0 Å². The van der Waals surface area contributed by atoms with Gasteiger partial charge >= 0.3 is 0 Å². The Labute approximate surface area is 190 Å². The summed E-state index contributed by atoms with van der Waals surface area (Å²) in [4.78, 5) is 9.19. The molecule has 1 aromatic carbocycles. The van der Waals surface area contributed by atoms with E-state index in [1.54, 1.807) is 22.9 Å². The number of rotatable bonds is 11. The minimum atomic E-state index is -3.61. The molecule has 2 heterocycles. The Balaban J connectivity index is 1.99. The summed E-state index contributed by atoms with van der Waals surface area (Å²) in [5.41, 5.74) is 3.27. The van der Waals surface area contributed by atoms with Gasteiger partial charge < -0.3 is 15.1 Å². The van der Waals surface area contributed by atoms with Crippen LogP contribution >= 0.6 is 0 Å². The van der Waals surface area contributed by atoms with Gasteiger partial charge in [0.15, 0.2) is 5.65 Å². The first kappa shape index (κ1) is 24.4. The van der Waals surface area contributed by atoms with Crippen molar-refractivity contribution in [2.75, 3.05) is 59.7 Å². The molecular formula is C22H35N7O2S. The number of pyridine rings is 1. The molecule has 2 aromatic heterocycles. The number of aryl methyl sites for hydroxylation is 2. The molecule has 10 heteroatoms. The molecule has 0 fully saturated rings. The lowest BCUT2D eigenvalue weighted by molar-refractivity contribution is 0.400. The molecule has 0 atom stereocenters. The summed E-state index contributed by atoms with van der Waals surface area (Å²) in [6, 6.07) is 5.11. The fourth-order valence-electron chi connectivity index (χ4n) is 3.77. The molecule has 3 aromatic rings. The fraction of sp³-hybridized carbons (Fsp3) is 0.545. The van der Waals surface area contributed by atoms with Crippen LogP contribution in [-0.4, -0.2) is 87.4 Å². The van der Waals surface area contributed by atoms with Crippen LogP contribution in [0, 0.1) is 6.92 Å². The number of sulfonamides is 1. The minimum absolute atomic E-state index is 0.244. The topological polar surface area (TPSA) is 95.4 Å². The zero-order chi connectivity index (χ0) is 23.5. The predicted molar refractivity (Wildman–Crippen MR) is 131 cm³/mol. The van der Waals surface area contributed by atoms with Crippen molar-refractivity contribution in [1.29, 1.82) is 0 Å². The number of hydrogen-bond acceptors (Lipinski definition) is 7. The number of fused-ring (bicyclic) bond motifs is 2. The molecule has 0 aliphatic carbocycles. The lowest BCUT2D eigenvalue weighted by atomic mass is 10.1. The van der Waals surface area contributed by atoms with E-state index in [-0.39, 0.29) is 4.90 Å². The monoisotopic (exact) mass is 461 g/mol. The summed E-state index contributed by atoms with van der Waals surface area (Å²) >= 11 is 0. The molecule has 9 nitrogen and oxygen atoms in total. The highest BCUT2D eigenvalue weighted by atomic mass is 32.2. The van der Waals surface area contributed by atoms with Gasteiger partial charge in [-0.05, 0) is 79.2 Å². The van der Waals surface area contributed by atoms with Gasteiger partial charge in [-0.1, -0.05) is 0 Å². The lowest BCUT2D eigenvalue weighted by Crippen LogP contribution is -2.27. The minimum Gasteiger partial charge on any atom is -0.384 e. The Morgan fingerprint density at radius 2 is 1.69 bits per heavy atom. The van der Waals surface area contributed by atoms with Crippen molar-refractivity contribution in [1.82, 2.24) is 29.3 Å². The van der Waals surface area contributed by atoms with Crippen molar-refractivity contribution < 1.29 is 8.42 Å². The van der Waals surface area contributed by atoms with Crippen LogP contribution in [0.1, 0.15) is 18.5 Å². The Kier molecular flexibility index (Phi) is 7.71.